The fourth-order valence-electron chi connectivity index (χ4n) is 5.74. The van der Waals surface area contributed by atoms with Gasteiger partial charge in [0.05, 0.1) is 0 Å². The molecular formula is C18H19NO3. The molecule has 0 amide bonds. The van der Waals surface area contributed by atoms with Gasteiger partial charge in [-0.15, -0.1) is 0 Å². The van der Waals surface area contributed by atoms with Gasteiger partial charge in [-0.2, -0.15) is 0 Å². The highest BCUT2D eigenvalue weighted by Gasteiger charge is 2.69. The van der Waals surface area contributed by atoms with Crippen molar-refractivity contribution in [3.05, 3.63) is 41.0 Å². The zero-order valence-electron chi connectivity index (χ0n) is 12.5. The summed E-state index contributed by atoms with van der Waals surface area (Å²) in [6.07, 6.45) is 5.40. The number of likely N-dealkylation sites (N-methyl/N-ethyl adjacent to an activating group) is 1. The lowest BCUT2D eigenvalue weighted by Crippen LogP contribution is -2.72. The zero-order valence-corrected chi connectivity index (χ0v) is 12.5. The molecule has 4 aliphatic rings. The van der Waals surface area contributed by atoms with Crippen LogP contribution in [0, 0.1) is 5.92 Å². The van der Waals surface area contributed by atoms with Crippen molar-refractivity contribution in [2.45, 2.75) is 36.3 Å². The zero-order chi connectivity index (χ0) is 15.3. The number of likely N-dealkylation sites (tertiary alicyclic amines) is 1. The summed E-state index contributed by atoms with van der Waals surface area (Å²) in [5, 5.41) is 21.9. The molecular weight excluding hydrogens is 278 g/mol. The van der Waals surface area contributed by atoms with Crippen molar-refractivity contribution in [3.8, 4) is 5.75 Å². The second-order valence-electron chi connectivity index (χ2n) is 7.34. The number of ketones is 1. The van der Waals surface area contributed by atoms with Gasteiger partial charge in [0.25, 0.3) is 0 Å². The molecule has 1 heterocycles. The highest BCUT2D eigenvalue weighted by atomic mass is 16.3. The molecule has 4 heteroatoms. The fraction of sp³-hybridized carbons (Fsp3) is 0.500. The lowest BCUT2D eigenvalue weighted by Gasteiger charge is -2.61. The van der Waals surface area contributed by atoms with Gasteiger partial charge in [-0.3, -0.25) is 9.69 Å². The maximum absolute atomic E-state index is 12.6. The van der Waals surface area contributed by atoms with Gasteiger partial charge < -0.3 is 10.2 Å². The Morgan fingerprint density at radius 1 is 1.32 bits per heavy atom. The fourth-order valence-corrected chi connectivity index (χ4v) is 5.74. The van der Waals surface area contributed by atoms with E-state index in [-0.39, 0.29) is 23.5 Å². The minimum Gasteiger partial charge on any atom is -0.508 e. The van der Waals surface area contributed by atoms with E-state index in [0.717, 1.165) is 30.5 Å². The number of rotatable bonds is 0. The molecule has 5 rings (SSSR count). The monoisotopic (exact) mass is 297 g/mol. The van der Waals surface area contributed by atoms with E-state index >= 15 is 0 Å². The number of hydrogen-bond donors (Lipinski definition) is 2. The van der Waals surface area contributed by atoms with Crippen molar-refractivity contribution in [2.75, 3.05) is 13.6 Å². The van der Waals surface area contributed by atoms with E-state index in [0.29, 0.717) is 6.42 Å². The Morgan fingerprint density at radius 2 is 2.14 bits per heavy atom. The third-order valence-electron chi connectivity index (χ3n) is 6.70. The lowest BCUT2D eigenvalue weighted by atomic mass is 9.50. The molecule has 1 aromatic rings. The highest BCUT2D eigenvalue weighted by Crippen LogP contribution is 2.63. The molecule has 1 spiro atoms. The van der Waals surface area contributed by atoms with Gasteiger partial charge in [-0.25, -0.2) is 0 Å². The number of nitrogens with zero attached hydrogens (tertiary/aromatic N) is 1. The van der Waals surface area contributed by atoms with Crippen molar-refractivity contribution in [2.24, 2.45) is 5.92 Å². The number of aliphatic hydroxyl groups is 1. The molecule has 2 N–H and O–H groups in total. The molecule has 3 aliphatic carbocycles. The predicted octanol–water partition coefficient (Wildman–Crippen LogP) is 0.932. The summed E-state index contributed by atoms with van der Waals surface area (Å²) in [5.41, 5.74) is 1.60. The first kappa shape index (κ1) is 12.9. The summed E-state index contributed by atoms with van der Waals surface area (Å²) in [5.74, 6) is 0.132. The number of hydrogen-bond acceptors (Lipinski definition) is 4. The summed E-state index contributed by atoms with van der Waals surface area (Å²) < 4.78 is 0. The standard InChI is InChI=1S/C18H19NO3/c1-19-7-6-17-12-9-11-13(20)3-2-10(16(11)17)8-15(19)18(17,22)5-4-14(12)21/h2-5,12,15,20,22H,6-9H2,1H3/t12-,15+,17+,18?/m0/s1. The van der Waals surface area contributed by atoms with E-state index in [9.17, 15) is 15.0 Å². The molecule has 0 aromatic heterocycles. The minimum atomic E-state index is -1.01. The average Bonchev–Trinajstić information content (AvgIpc) is 2.85. The van der Waals surface area contributed by atoms with Crippen molar-refractivity contribution in [1.29, 1.82) is 0 Å². The number of phenols is 1. The largest absolute Gasteiger partial charge is 0.508 e. The van der Waals surface area contributed by atoms with Crippen LogP contribution in [0.3, 0.4) is 0 Å². The second-order valence-corrected chi connectivity index (χ2v) is 7.34. The van der Waals surface area contributed by atoms with Crippen molar-refractivity contribution < 1.29 is 15.0 Å². The Morgan fingerprint density at radius 3 is 2.95 bits per heavy atom. The molecule has 1 saturated heterocycles. The van der Waals surface area contributed by atoms with Crippen LogP contribution in [-0.4, -0.2) is 46.1 Å². The molecule has 1 unspecified atom stereocenters. The van der Waals surface area contributed by atoms with Crippen LogP contribution in [0.2, 0.25) is 0 Å². The van der Waals surface area contributed by atoms with Crippen molar-refractivity contribution in [3.63, 3.8) is 0 Å². The number of aromatic hydroxyl groups is 1. The van der Waals surface area contributed by atoms with Crippen LogP contribution in [0.4, 0.5) is 0 Å². The van der Waals surface area contributed by atoms with E-state index in [4.69, 9.17) is 0 Å². The molecule has 1 fully saturated rings. The molecule has 0 saturated carbocycles. The molecule has 1 aromatic carbocycles. The Kier molecular flexibility index (Phi) is 2.12. The van der Waals surface area contributed by atoms with Gasteiger partial charge in [0.15, 0.2) is 5.78 Å². The maximum atomic E-state index is 12.6. The molecule has 4 atom stereocenters. The van der Waals surface area contributed by atoms with Crippen LogP contribution in [0.15, 0.2) is 24.3 Å². The number of allylic oxidation sites excluding steroid dienone is 1. The molecule has 0 radical (unpaired) electrons. The quantitative estimate of drug-likeness (QED) is 0.748. The van der Waals surface area contributed by atoms with Crippen molar-refractivity contribution >= 4 is 5.78 Å². The summed E-state index contributed by atoms with van der Waals surface area (Å²) >= 11 is 0. The maximum Gasteiger partial charge on any atom is 0.159 e. The lowest BCUT2D eigenvalue weighted by molar-refractivity contribution is -0.146. The van der Waals surface area contributed by atoms with Gasteiger partial charge in [-0.1, -0.05) is 6.07 Å². The van der Waals surface area contributed by atoms with E-state index < -0.39 is 11.0 Å². The first-order valence-electron chi connectivity index (χ1n) is 7.99. The van der Waals surface area contributed by atoms with E-state index in [2.05, 4.69) is 11.9 Å². The van der Waals surface area contributed by atoms with Crippen LogP contribution in [0.5, 0.6) is 5.75 Å². The van der Waals surface area contributed by atoms with E-state index in [1.807, 2.05) is 6.07 Å². The molecule has 4 nitrogen and oxygen atoms in total. The van der Waals surface area contributed by atoms with Crippen molar-refractivity contribution in [1.82, 2.24) is 4.90 Å². The first-order chi connectivity index (χ1) is 10.5. The SMILES string of the molecule is CN1CC[C@]23c4c5ccc(O)c4C[C@H]2C(=O)C=CC3(O)[C@H]1C5. The number of phenolic OH excluding ortho intramolecular Hbond substituents is 1. The number of benzene rings is 1. The molecule has 114 valence electrons. The summed E-state index contributed by atoms with van der Waals surface area (Å²) in [4.78, 5) is 14.8. The van der Waals surface area contributed by atoms with Crippen LogP contribution in [0.1, 0.15) is 23.1 Å². The van der Waals surface area contributed by atoms with Gasteiger partial charge in [0.1, 0.15) is 11.4 Å². The van der Waals surface area contributed by atoms with E-state index in [1.165, 1.54) is 5.56 Å². The Bertz CT molecular complexity index is 755. The van der Waals surface area contributed by atoms with Crippen LogP contribution < -0.4 is 0 Å². The third kappa shape index (κ3) is 1.12. The number of piperidine rings is 1. The van der Waals surface area contributed by atoms with E-state index in [1.54, 1.807) is 18.2 Å². The van der Waals surface area contributed by atoms with Gasteiger partial charge in [0, 0.05) is 17.4 Å². The third-order valence-corrected chi connectivity index (χ3v) is 6.70. The summed E-state index contributed by atoms with van der Waals surface area (Å²) in [7, 11) is 2.05. The highest BCUT2D eigenvalue weighted by molar-refractivity contribution is 5.97. The van der Waals surface area contributed by atoms with Gasteiger partial charge >= 0.3 is 0 Å². The Balaban J connectivity index is 1.91. The molecule has 2 bridgehead atoms. The van der Waals surface area contributed by atoms with Gasteiger partial charge in [0.2, 0.25) is 0 Å². The molecule has 22 heavy (non-hydrogen) atoms. The summed E-state index contributed by atoms with van der Waals surface area (Å²) in [6, 6.07) is 3.73. The Labute approximate surface area is 129 Å². The van der Waals surface area contributed by atoms with Crippen LogP contribution >= 0.6 is 0 Å². The minimum absolute atomic E-state index is 0.00362. The number of carbonyl (C=O) groups excluding carboxylic acids is 1. The second kappa shape index (κ2) is 3.63. The van der Waals surface area contributed by atoms with Crippen LogP contribution in [0.25, 0.3) is 0 Å². The Hall–Kier alpha value is -1.65. The topological polar surface area (TPSA) is 60.8 Å². The first-order valence-corrected chi connectivity index (χ1v) is 7.99. The average molecular weight is 297 g/mol. The molecule has 1 aliphatic heterocycles. The summed E-state index contributed by atoms with van der Waals surface area (Å²) in [6.45, 7) is 0.874. The normalized spacial score (nSPS) is 41.6. The van der Waals surface area contributed by atoms with Crippen LogP contribution in [-0.2, 0) is 23.1 Å². The number of carbonyl (C=O) groups is 1. The van der Waals surface area contributed by atoms with Gasteiger partial charge in [-0.05, 0) is 67.8 Å². The predicted molar refractivity (Wildman–Crippen MR) is 80.8 cm³/mol. The smallest absolute Gasteiger partial charge is 0.159 e.